The van der Waals surface area contributed by atoms with Gasteiger partial charge in [-0.3, -0.25) is 4.79 Å². The maximum Gasteiger partial charge on any atom is 0.306 e. The monoisotopic (exact) mass is 182 g/mol. The number of hydrogen-bond donors (Lipinski definition) is 0. The first kappa shape index (κ1) is 10.3. The average Bonchev–Trinajstić information content (AvgIpc) is 2.32. The standard InChI is InChI=1S/C11H18O2/c1-4-13-10(12)8-11(3)7-5-6-9(11)2/h6H,4-5,7-8H2,1-3H3. The van der Waals surface area contributed by atoms with Crippen molar-refractivity contribution in [2.75, 3.05) is 6.61 Å². The third-order valence-electron chi connectivity index (χ3n) is 2.94. The Kier molecular flexibility index (Phi) is 3.12. The summed E-state index contributed by atoms with van der Waals surface area (Å²) >= 11 is 0. The van der Waals surface area contributed by atoms with Gasteiger partial charge in [0.1, 0.15) is 0 Å². The van der Waals surface area contributed by atoms with Crippen LogP contribution in [0.5, 0.6) is 0 Å². The van der Waals surface area contributed by atoms with Crippen molar-refractivity contribution < 1.29 is 9.53 Å². The summed E-state index contributed by atoms with van der Waals surface area (Å²) in [7, 11) is 0. The first-order chi connectivity index (χ1) is 6.08. The Morgan fingerprint density at radius 2 is 2.38 bits per heavy atom. The van der Waals surface area contributed by atoms with Crippen LogP contribution in [0.2, 0.25) is 0 Å². The second kappa shape index (κ2) is 3.95. The van der Waals surface area contributed by atoms with E-state index < -0.39 is 0 Å². The summed E-state index contributed by atoms with van der Waals surface area (Å²) in [5, 5.41) is 0. The number of carbonyl (C=O) groups is 1. The molecule has 1 unspecified atom stereocenters. The minimum Gasteiger partial charge on any atom is -0.466 e. The fourth-order valence-corrected chi connectivity index (χ4v) is 1.81. The number of ether oxygens (including phenoxy) is 1. The van der Waals surface area contributed by atoms with Gasteiger partial charge in [0.25, 0.3) is 0 Å². The smallest absolute Gasteiger partial charge is 0.306 e. The molecule has 0 amide bonds. The minimum atomic E-state index is -0.0698. The molecule has 0 aliphatic heterocycles. The van der Waals surface area contributed by atoms with Crippen molar-refractivity contribution in [3.05, 3.63) is 11.6 Å². The molecule has 0 N–H and O–H groups in total. The Morgan fingerprint density at radius 1 is 1.69 bits per heavy atom. The predicted octanol–water partition coefficient (Wildman–Crippen LogP) is 2.69. The molecule has 1 rings (SSSR count). The third-order valence-corrected chi connectivity index (χ3v) is 2.94. The topological polar surface area (TPSA) is 26.3 Å². The maximum atomic E-state index is 11.3. The van der Waals surface area contributed by atoms with E-state index in [1.165, 1.54) is 5.57 Å². The molecule has 0 aromatic rings. The third kappa shape index (κ3) is 2.33. The predicted molar refractivity (Wildman–Crippen MR) is 52.3 cm³/mol. The van der Waals surface area contributed by atoms with Gasteiger partial charge in [-0.05, 0) is 32.1 Å². The summed E-state index contributed by atoms with van der Waals surface area (Å²) in [4.78, 5) is 11.3. The van der Waals surface area contributed by atoms with Crippen molar-refractivity contribution in [1.82, 2.24) is 0 Å². The van der Waals surface area contributed by atoms with Crippen LogP contribution in [0, 0.1) is 5.41 Å². The van der Waals surface area contributed by atoms with Crippen molar-refractivity contribution in [2.24, 2.45) is 5.41 Å². The Morgan fingerprint density at radius 3 is 2.85 bits per heavy atom. The quantitative estimate of drug-likeness (QED) is 0.495. The molecule has 0 radical (unpaired) electrons. The van der Waals surface area contributed by atoms with Crippen LogP contribution < -0.4 is 0 Å². The summed E-state index contributed by atoms with van der Waals surface area (Å²) < 4.78 is 4.95. The van der Waals surface area contributed by atoms with Gasteiger partial charge in [-0.1, -0.05) is 18.6 Å². The number of allylic oxidation sites excluding steroid dienone is 2. The van der Waals surface area contributed by atoms with E-state index >= 15 is 0 Å². The lowest BCUT2D eigenvalue weighted by molar-refractivity contribution is -0.145. The van der Waals surface area contributed by atoms with E-state index in [0.717, 1.165) is 12.8 Å². The maximum absolute atomic E-state index is 11.3. The molecule has 0 bridgehead atoms. The average molecular weight is 182 g/mol. The Bertz CT molecular complexity index is 230. The fraction of sp³-hybridized carbons (Fsp3) is 0.727. The van der Waals surface area contributed by atoms with E-state index in [4.69, 9.17) is 4.74 Å². The van der Waals surface area contributed by atoms with Crippen LogP contribution >= 0.6 is 0 Å². The summed E-state index contributed by atoms with van der Waals surface area (Å²) in [6.45, 7) is 6.57. The van der Waals surface area contributed by atoms with Crippen LogP contribution in [0.15, 0.2) is 11.6 Å². The van der Waals surface area contributed by atoms with Crippen LogP contribution in [0.1, 0.15) is 40.0 Å². The van der Waals surface area contributed by atoms with Crippen molar-refractivity contribution in [1.29, 1.82) is 0 Å². The van der Waals surface area contributed by atoms with Crippen LogP contribution in [0.25, 0.3) is 0 Å². The van der Waals surface area contributed by atoms with Crippen molar-refractivity contribution in [2.45, 2.75) is 40.0 Å². The van der Waals surface area contributed by atoms with Gasteiger partial charge < -0.3 is 4.74 Å². The van der Waals surface area contributed by atoms with Crippen LogP contribution in [-0.4, -0.2) is 12.6 Å². The molecule has 13 heavy (non-hydrogen) atoms. The zero-order valence-electron chi connectivity index (χ0n) is 8.72. The normalized spacial score (nSPS) is 27.2. The molecular formula is C11H18O2. The first-order valence-electron chi connectivity index (χ1n) is 4.91. The van der Waals surface area contributed by atoms with Crippen molar-refractivity contribution in [3.63, 3.8) is 0 Å². The van der Waals surface area contributed by atoms with E-state index in [0.29, 0.717) is 13.0 Å². The highest BCUT2D eigenvalue weighted by Crippen LogP contribution is 2.41. The zero-order valence-corrected chi connectivity index (χ0v) is 8.72. The molecule has 0 saturated heterocycles. The SMILES string of the molecule is CCOC(=O)CC1(C)CCC=C1C. The lowest BCUT2D eigenvalue weighted by atomic mass is 9.81. The summed E-state index contributed by atoms with van der Waals surface area (Å²) in [6, 6.07) is 0. The molecule has 1 aliphatic carbocycles. The number of hydrogen-bond acceptors (Lipinski definition) is 2. The zero-order chi connectivity index (χ0) is 9.90. The lowest BCUT2D eigenvalue weighted by Crippen LogP contribution is -2.20. The molecule has 2 heteroatoms. The van der Waals surface area contributed by atoms with E-state index in [1.807, 2.05) is 6.92 Å². The Balaban J connectivity index is 2.52. The number of esters is 1. The molecular weight excluding hydrogens is 164 g/mol. The van der Waals surface area contributed by atoms with Crippen LogP contribution in [0.3, 0.4) is 0 Å². The molecule has 0 fully saturated rings. The molecule has 2 nitrogen and oxygen atoms in total. The Labute approximate surface area is 80.0 Å². The second-order valence-electron chi connectivity index (χ2n) is 3.97. The molecule has 0 spiro atoms. The number of carbonyl (C=O) groups excluding carboxylic acids is 1. The summed E-state index contributed by atoms with van der Waals surface area (Å²) in [5.74, 6) is -0.0698. The molecule has 1 aliphatic rings. The molecule has 74 valence electrons. The molecule has 0 heterocycles. The minimum absolute atomic E-state index is 0.0618. The van der Waals surface area contributed by atoms with Gasteiger partial charge in [0, 0.05) is 0 Å². The summed E-state index contributed by atoms with van der Waals surface area (Å²) in [5.41, 5.74) is 1.40. The first-order valence-corrected chi connectivity index (χ1v) is 4.91. The van der Waals surface area contributed by atoms with E-state index in [-0.39, 0.29) is 11.4 Å². The van der Waals surface area contributed by atoms with Gasteiger partial charge >= 0.3 is 5.97 Å². The van der Waals surface area contributed by atoms with E-state index in [9.17, 15) is 4.79 Å². The van der Waals surface area contributed by atoms with Gasteiger partial charge in [-0.2, -0.15) is 0 Å². The largest absolute Gasteiger partial charge is 0.466 e. The van der Waals surface area contributed by atoms with Gasteiger partial charge in [-0.25, -0.2) is 0 Å². The van der Waals surface area contributed by atoms with Gasteiger partial charge in [0.2, 0.25) is 0 Å². The lowest BCUT2D eigenvalue weighted by Gasteiger charge is -2.24. The second-order valence-corrected chi connectivity index (χ2v) is 3.97. The van der Waals surface area contributed by atoms with Crippen LogP contribution in [0.4, 0.5) is 0 Å². The fourth-order valence-electron chi connectivity index (χ4n) is 1.81. The molecule has 1 atom stereocenters. The highest BCUT2D eigenvalue weighted by molar-refractivity contribution is 5.71. The summed E-state index contributed by atoms with van der Waals surface area (Å²) in [6.07, 6.45) is 4.93. The van der Waals surface area contributed by atoms with E-state index in [1.54, 1.807) is 0 Å². The van der Waals surface area contributed by atoms with Gasteiger partial charge in [0.05, 0.1) is 13.0 Å². The van der Waals surface area contributed by atoms with Crippen molar-refractivity contribution >= 4 is 5.97 Å². The molecule has 0 aromatic carbocycles. The van der Waals surface area contributed by atoms with Gasteiger partial charge in [-0.15, -0.1) is 0 Å². The molecule has 0 saturated carbocycles. The Hall–Kier alpha value is -0.790. The molecule has 0 aromatic heterocycles. The highest BCUT2D eigenvalue weighted by Gasteiger charge is 2.32. The highest BCUT2D eigenvalue weighted by atomic mass is 16.5. The van der Waals surface area contributed by atoms with Crippen molar-refractivity contribution in [3.8, 4) is 0 Å². The number of rotatable bonds is 3. The van der Waals surface area contributed by atoms with E-state index in [2.05, 4.69) is 19.9 Å². The van der Waals surface area contributed by atoms with Crippen LogP contribution in [-0.2, 0) is 9.53 Å². The van der Waals surface area contributed by atoms with Gasteiger partial charge in [0.15, 0.2) is 0 Å².